The summed E-state index contributed by atoms with van der Waals surface area (Å²) in [4.78, 5) is 29.9. The first-order chi connectivity index (χ1) is 14.7. The molecule has 1 N–H and O–H groups in total. The van der Waals surface area contributed by atoms with Gasteiger partial charge in [-0.3, -0.25) is 9.36 Å². The van der Waals surface area contributed by atoms with Crippen molar-refractivity contribution in [3.05, 3.63) is 52.6 Å². The number of imidazole rings is 1. The number of fused-ring (bicyclic) bond motifs is 2. The van der Waals surface area contributed by atoms with Gasteiger partial charge in [0.25, 0.3) is 0 Å². The van der Waals surface area contributed by atoms with Crippen LogP contribution in [0.1, 0.15) is 43.8 Å². The zero-order chi connectivity index (χ0) is 20.5. The van der Waals surface area contributed by atoms with Crippen LogP contribution in [0.2, 0.25) is 0 Å². The molecule has 8 nitrogen and oxygen atoms in total. The summed E-state index contributed by atoms with van der Waals surface area (Å²) in [7, 11) is 0. The molecule has 2 aliphatic heterocycles. The Kier molecular flexibility index (Phi) is 4.98. The normalized spacial score (nSPS) is 15.9. The largest absolute Gasteiger partial charge is 0.346 e. The van der Waals surface area contributed by atoms with Crippen LogP contribution in [-0.4, -0.2) is 29.8 Å². The highest BCUT2D eigenvalue weighted by molar-refractivity contribution is 5.91. The summed E-state index contributed by atoms with van der Waals surface area (Å²) in [5.41, 5.74) is 2.40. The number of carbonyl (C=O) groups is 1. The van der Waals surface area contributed by atoms with Crippen LogP contribution >= 0.6 is 0 Å². The molecular weight excluding hydrogens is 380 g/mol. The first-order valence-corrected chi connectivity index (χ1v) is 10.8. The van der Waals surface area contributed by atoms with Crippen molar-refractivity contribution >= 4 is 11.6 Å². The van der Waals surface area contributed by atoms with Gasteiger partial charge in [-0.15, -0.1) is 0 Å². The predicted molar refractivity (Wildman–Crippen MR) is 113 cm³/mol. The molecule has 0 fully saturated rings. The number of rotatable bonds is 4. The molecule has 5 rings (SSSR count). The number of aryl methyl sites for hydroxylation is 3. The van der Waals surface area contributed by atoms with E-state index in [1.807, 2.05) is 24.3 Å². The quantitative estimate of drug-likeness (QED) is 0.722. The van der Waals surface area contributed by atoms with Gasteiger partial charge in [-0.1, -0.05) is 18.6 Å². The van der Waals surface area contributed by atoms with E-state index in [1.54, 1.807) is 4.57 Å². The van der Waals surface area contributed by atoms with Crippen molar-refractivity contribution < 1.29 is 4.79 Å². The molecule has 0 saturated carbocycles. The van der Waals surface area contributed by atoms with E-state index in [-0.39, 0.29) is 18.1 Å². The fourth-order valence-electron chi connectivity index (χ4n) is 4.37. The molecule has 0 bridgehead atoms. The van der Waals surface area contributed by atoms with Gasteiger partial charge in [0.1, 0.15) is 18.2 Å². The number of aromatic nitrogens is 5. The maximum Gasteiger partial charge on any atom is 0.346 e. The van der Waals surface area contributed by atoms with Crippen LogP contribution in [0.4, 0.5) is 5.69 Å². The second-order valence-electron chi connectivity index (χ2n) is 8.14. The van der Waals surface area contributed by atoms with Gasteiger partial charge >= 0.3 is 5.69 Å². The first kappa shape index (κ1) is 18.8. The molecule has 156 valence electrons. The summed E-state index contributed by atoms with van der Waals surface area (Å²) < 4.78 is 5.21. The molecule has 2 aromatic heterocycles. The second-order valence-corrected chi connectivity index (χ2v) is 8.14. The fourth-order valence-corrected chi connectivity index (χ4v) is 4.37. The van der Waals surface area contributed by atoms with Crippen LogP contribution in [0.25, 0.3) is 11.3 Å². The first-order valence-electron chi connectivity index (χ1n) is 10.8. The van der Waals surface area contributed by atoms with Gasteiger partial charge in [-0.2, -0.15) is 5.10 Å². The molecule has 0 radical (unpaired) electrons. The van der Waals surface area contributed by atoms with Gasteiger partial charge in [0.2, 0.25) is 5.91 Å². The minimum absolute atomic E-state index is 0.0815. The second kappa shape index (κ2) is 7.93. The number of amides is 1. The standard InChI is InChI=1S/C22H26N6O2/c29-21(15-28-22(30)27-12-4-1-2-10-20(27)25-28)23-17-8-6-7-16(13-17)18-14-26-11-5-3-9-19(26)24-18/h6-8,13-14H,1-5,9-12,15H2,(H,23,29). The van der Waals surface area contributed by atoms with Crippen molar-refractivity contribution in [3.63, 3.8) is 0 Å². The molecule has 0 aliphatic carbocycles. The topological polar surface area (TPSA) is 86.7 Å². The van der Waals surface area contributed by atoms with Crippen molar-refractivity contribution in [2.75, 3.05) is 5.32 Å². The van der Waals surface area contributed by atoms with Crippen LogP contribution < -0.4 is 11.0 Å². The van der Waals surface area contributed by atoms with Crippen LogP contribution in [0.5, 0.6) is 0 Å². The Hall–Kier alpha value is -3.16. The summed E-state index contributed by atoms with van der Waals surface area (Å²) in [6, 6.07) is 7.69. The van der Waals surface area contributed by atoms with Crippen molar-refractivity contribution in [2.24, 2.45) is 0 Å². The van der Waals surface area contributed by atoms with Crippen molar-refractivity contribution in [2.45, 2.75) is 64.6 Å². The van der Waals surface area contributed by atoms with Gasteiger partial charge in [0, 0.05) is 43.4 Å². The SMILES string of the molecule is O=C(Cn1nc2n(c1=O)CCCCC2)Nc1cccc(-c2cn3c(n2)CCCC3)c1. The molecule has 0 unspecified atom stereocenters. The molecule has 0 atom stereocenters. The predicted octanol–water partition coefficient (Wildman–Crippen LogP) is 2.61. The number of anilines is 1. The van der Waals surface area contributed by atoms with Crippen molar-refractivity contribution in [1.82, 2.24) is 23.9 Å². The van der Waals surface area contributed by atoms with Crippen LogP contribution in [0.3, 0.4) is 0 Å². The summed E-state index contributed by atoms with van der Waals surface area (Å²) in [6.45, 7) is 1.62. The van der Waals surface area contributed by atoms with E-state index < -0.39 is 0 Å². The molecular formula is C22H26N6O2. The highest BCUT2D eigenvalue weighted by Crippen LogP contribution is 2.24. The Labute approximate surface area is 174 Å². The summed E-state index contributed by atoms with van der Waals surface area (Å²) >= 11 is 0. The van der Waals surface area contributed by atoms with Crippen LogP contribution in [0, 0.1) is 0 Å². The average Bonchev–Trinajstić information content (AvgIpc) is 3.21. The highest BCUT2D eigenvalue weighted by atomic mass is 16.2. The van der Waals surface area contributed by atoms with Crippen LogP contribution in [-0.2, 0) is 37.3 Å². The number of nitrogens with one attached hydrogen (secondary N) is 1. The molecule has 1 aromatic carbocycles. The summed E-state index contributed by atoms with van der Waals surface area (Å²) in [5.74, 6) is 1.66. The van der Waals surface area contributed by atoms with Gasteiger partial charge in [0.15, 0.2) is 0 Å². The minimum Gasteiger partial charge on any atom is -0.334 e. The maximum atomic E-state index is 12.6. The maximum absolute atomic E-state index is 12.6. The average molecular weight is 406 g/mol. The van der Waals surface area contributed by atoms with E-state index in [0.717, 1.165) is 61.6 Å². The Morgan fingerprint density at radius 2 is 1.87 bits per heavy atom. The number of hydrogen-bond acceptors (Lipinski definition) is 4. The molecule has 2 aliphatic rings. The zero-order valence-corrected chi connectivity index (χ0v) is 17.0. The molecule has 3 aromatic rings. The van der Waals surface area contributed by atoms with E-state index in [0.29, 0.717) is 12.2 Å². The van der Waals surface area contributed by atoms with Gasteiger partial charge in [0.05, 0.1) is 5.69 Å². The lowest BCUT2D eigenvalue weighted by atomic mass is 10.1. The monoisotopic (exact) mass is 406 g/mol. The third-order valence-electron chi connectivity index (χ3n) is 5.93. The van der Waals surface area contributed by atoms with E-state index in [9.17, 15) is 9.59 Å². The summed E-state index contributed by atoms with van der Waals surface area (Å²) in [6.07, 6.45) is 9.40. The van der Waals surface area contributed by atoms with Gasteiger partial charge in [-0.25, -0.2) is 14.5 Å². The Bertz CT molecular complexity index is 1120. The lowest BCUT2D eigenvalue weighted by Crippen LogP contribution is -2.30. The van der Waals surface area contributed by atoms with Gasteiger partial charge in [-0.05, 0) is 37.8 Å². The smallest absolute Gasteiger partial charge is 0.334 e. The molecule has 8 heteroatoms. The lowest BCUT2D eigenvalue weighted by Gasteiger charge is -2.11. The third-order valence-corrected chi connectivity index (χ3v) is 5.93. The van der Waals surface area contributed by atoms with E-state index >= 15 is 0 Å². The van der Waals surface area contributed by atoms with Crippen molar-refractivity contribution in [1.29, 1.82) is 0 Å². The highest BCUT2D eigenvalue weighted by Gasteiger charge is 2.18. The number of nitrogens with zero attached hydrogens (tertiary/aromatic N) is 5. The molecule has 4 heterocycles. The third kappa shape index (κ3) is 3.69. The fraction of sp³-hybridized carbons (Fsp3) is 0.455. The van der Waals surface area contributed by atoms with Crippen LogP contribution in [0.15, 0.2) is 35.3 Å². The Morgan fingerprint density at radius 1 is 1.03 bits per heavy atom. The number of benzene rings is 1. The zero-order valence-electron chi connectivity index (χ0n) is 17.0. The van der Waals surface area contributed by atoms with E-state index in [4.69, 9.17) is 4.98 Å². The van der Waals surface area contributed by atoms with Crippen molar-refractivity contribution in [3.8, 4) is 11.3 Å². The Balaban J connectivity index is 1.31. The molecule has 0 spiro atoms. The Morgan fingerprint density at radius 3 is 2.77 bits per heavy atom. The molecule has 0 saturated heterocycles. The molecule has 30 heavy (non-hydrogen) atoms. The van der Waals surface area contributed by atoms with Gasteiger partial charge < -0.3 is 9.88 Å². The lowest BCUT2D eigenvalue weighted by molar-refractivity contribution is -0.117. The number of hydrogen-bond donors (Lipinski definition) is 1. The van der Waals surface area contributed by atoms with E-state index in [2.05, 4.69) is 21.2 Å². The minimum atomic E-state index is -0.258. The molecule has 1 amide bonds. The number of carbonyl (C=O) groups excluding carboxylic acids is 1. The van der Waals surface area contributed by atoms with E-state index in [1.165, 1.54) is 17.5 Å². The summed E-state index contributed by atoms with van der Waals surface area (Å²) in [5, 5.41) is 7.29.